The zero-order valence-corrected chi connectivity index (χ0v) is 27.5. The van der Waals surface area contributed by atoms with Crippen LogP contribution >= 0.6 is 0 Å². The van der Waals surface area contributed by atoms with Crippen molar-refractivity contribution >= 4 is 36.4 Å². The highest BCUT2D eigenvalue weighted by Crippen LogP contribution is 2.31. The standard InChI is InChI=1S/C17H29N3O8.C9H20.C2H6.CH2O2/c1-12(22)10-28-9-8-27-7-6-18-16(26)17(2,3)20-14(23)5-4-13(15(24)25)19-11-21;1-8(2,3)7-9(4,5)6;1-2;2-1-3/h11,13H,4-10H2,1-3H3,(H,18,26)(H,19,21)(H,20,23)(H,24,25);7H2,1-6H3;1-2H3;1H,(H,2,3). The van der Waals surface area contributed by atoms with Crippen LogP contribution in [0.5, 0.6) is 0 Å². The van der Waals surface area contributed by atoms with Crippen molar-refractivity contribution in [2.24, 2.45) is 10.8 Å². The van der Waals surface area contributed by atoms with E-state index in [9.17, 15) is 24.0 Å². The van der Waals surface area contributed by atoms with E-state index in [1.165, 1.54) is 27.2 Å². The molecule has 3 amide bonds. The van der Waals surface area contributed by atoms with E-state index >= 15 is 0 Å². The number of carboxylic acids is 1. The van der Waals surface area contributed by atoms with Gasteiger partial charge in [-0.25, -0.2) is 4.79 Å². The monoisotopic (exact) mass is 607 g/mol. The van der Waals surface area contributed by atoms with Crippen LogP contribution in [-0.2, 0) is 38.2 Å². The highest BCUT2D eigenvalue weighted by molar-refractivity contribution is 5.90. The number of ketones is 1. The maximum absolute atomic E-state index is 12.2. The van der Waals surface area contributed by atoms with E-state index in [1.54, 1.807) is 0 Å². The van der Waals surface area contributed by atoms with E-state index in [1.807, 2.05) is 13.8 Å². The SMILES string of the molecule is CC.CC(=O)COCCOCCNC(=O)C(C)(C)NC(=O)CCC(NC=O)C(=O)O.CC(C)(C)CC(C)(C)C.O=CO. The maximum atomic E-state index is 12.2. The molecular weight excluding hydrogens is 550 g/mol. The largest absolute Gasteiger partial charge is 0.483 e. The molecular formula is C29H57N3O10. The molecule has 0 fully saturated rings. The van der Waals surface area contributed by atoms with Crippen LogP contribution in [0.3, 0.4) is 0 Å². The van der Waals surface area contributed by atoms with E-state index in [0.717, 1.165) is 0 Å². The molecule has 5 N–H and O–H groups in total. The minimum absolute atomic E-state index is 0.0341. The maximum Gasteiger partial charge on any atom is 0.326 e. The van der Waals surface area contributed by atoms with Crippen molar-refractivity contribution < 1.29 is 48.5 Å². The van der Waals surface area contributed by atoms with Crippen molar-refractivity contribution in [3.05, 3.63) is 0 Å². The van der Waals surface area contributed by atoms with Crippen molar-refractivity contribution in [1.82, 2.24) is 16.0 Å². The van der Waals surface area contributed by atoms with Gasteiger partial charge in [-0.1, -0.05) is 55.4 Å². The van der Waals surface area contributed by atoms with E-state index in [0.29, 0.717) is 10.8 Å². The first kappa shape index (κ1) is 45.9. The Kier molecular flexibility index (Phi) is 28.0. The Hall–Kier alpha value is -3.06. The fourth-order valence-corrected chi connectivity index (χ4v) is 3.59. The predicted octanol–water partition coefficient (Wildman–Crippen LogP) is 2.79. The van der Waals surface area contributed by atoms with Gasteiger partial charge in [0.1, 0.15) is 18.2 Å². The molecule has 0 rings (SSSR count). The lowest BCUT2D eigenvalue weighted by atomic mass is 9.78. The molecule has 0 aliphatic heterocycles. The summed E-state index contributed by atoms with van der Waals surface area (Å²) < 4.78 is 10.3. The summed E-state index contributed by atoms with van der Waals surface area (Å²) in [6.45, 7) is 23.0. The third-order valence-corrected chi connectivity index (χ3v) is 4.52. The van der Waals surface area contributed by atoms with Gasteiger partial charge >= 0.3 is 5.97 Å². The summed E-state index contributed by atoms with van der Waals surface area (Å²) in [5.41, 5.74) is -0.241. The van der Waals surface area contributed by atoms with E-state index in [2.05, 4.69) is 57.5 Å². The average Bonchev–Trinajstić information content (AvgIpc) is 2.82. The Morgan fingerprint density at radius 1 is 0.857 bits per heavy atom. The lowest BCUT2D eigenvalue weighted by Crippen LogP contribution is -2.55. The summed E-state index contributed by atoms with van der Waals surface area (Å²) in [6, 6.07) is -1.17. The van der Waals surface area contributed by atoms with Crippen LogP contribution in [0.2, 0.25) is 0 Å². The van der Waals surface area contributed by atoms with Gasteiger partial charge in [-0.05, 0) is 44.4 Å². The molecule has 0 aromatic heterocycles. The number of Topliss-reactive ketones (excluding diaryl/α,β-unsaturated/α-hetero) is 1. The molecule has 0 heterocycles. The fraction of sp³-hybridized carbons (Fsp3) is 0.793. The molecule has 13 nitrogen and oxygen atoms in total. The second kappa shape index (κ2) is 25.6. The van der Waals surface area contributed by atoms with Crippen molar-refractivity contribution in [2.75, 3.05) is 33.0 Å². The predicted molar refractivity (Wildman–Crippen MR) is 161 cm³/mol. The summed E-state index contributed by atoms with van der Waals surface area (Å²) in [6.07, 6.45) is 1.28. The number of ether oxygens (including phenoxy) is 2. The number of hydrogen-bond acceptors (Lipinski definition) is 8. The first-order valence-electron chi connectivity index (χ1n) is 14.0. The summed E-state index contributed by atoms with van der Waals surface area (Å²) in [5.74, 6) is -2.27. The smallest absolute Gasteiger partial charge is 0.326 e. The highest BCUT2D eigenvalue weighted by atomic mass is 16.5. The molecule has 0 aromatic rings. The summed E-state index contributed by atoms with van der Waals surface area (Å²) in [5, 5.41) is 23.0. The van der Waals surface area contributed by atoms with Gasteiger partial charge in [0.05, 0.1) is 19.8 Å². The number of rotatable bonds is 16. The van der Waals surface area contributed by atoms with Crippen LogP contribution < -0.4 is 16.0 Å². The van der Waals surface area contributed by atoms with Gasteiger partial charge < -0.3 is 35.6 Å². The van der Waals surface area contributed by atoms with Crippen molar-refractivity contribution in [1.29, 1.82) is 0 Å². The molecule has 248 valence electrons. The third kappa shape index (κ3) is 35.0. The van der Waals surface area contributed by atoms with Crippen LogP contribution in [0.15, 0.2) is 0 Å². The lowest BCUT2D eigenvalue weighted by molar-refractivity contribution is -0.141. The topological polar surface area (TPSA) is 197 Å². The van der Waals surface area contributed by atoms with Crippen LogP contribution in [0.25, 0.3) is 0 Å². The van der Waals surface area contributed by atoms with E-state index < -0.39 is 29.4 Å². The highest BCUT2D eigenvalue weighted by Gasteiger charge is 2.29. The van der Waals surface area contributed by atoms with Gasteiger partial charge in [-0.3, -0.25) is 24.0 Å². The first-order valence-corrected chi connectivity index (χ1v) is 14.0. The Morgan fingerprint density at radius 2 is 1.33 bits per heavy atom. The molecule has 0 radical (unpaired) electrons. The zero-order valence-electron chi connectivity index (χ0n) is 27.5. The van der Waals surface area contributed by atoms with Gasteiger partial charge in [0.25, 0.3) is 6.47 Å². The summed E-state index contributed by atoms with van der Waals surface area (Å²) in [4.78, 5) is 64.4. The van der Waals surface area contributed by atoms with Crippen LogP contribution in [0.1, 0.15) is 95.4 Å². The molecule has 0 aliphatic carbocycles. The number of hydrogen-bond donors (Lipinski definition) is 5. The average molecular weight is 608 g/mol. The van der Waals surface area contributed by atoms with Crippen molar-refractivity contribution in [2.45, 2.75) is 107 Å². The molecule has 42 heavy (non-hydrogen) atoms. The molecule has 0 aliphatic rings. The summed E-state index contributed by atoms with van der Waals surface area (Å²) in [7, 11) is 0. The van der Waals surface area contributed by atoms with Gasteiger partial charge in [0, 0.05) is 13.0 Å². The number of aliphatic carboxylic acids is 1. The number of carbonyl (C=O) groups is 6. The van der Waals surface area contributed by atoms with Gasteiger partial charge in [-0.2, -0.15) is 0 Å². The minimum atomic E-state index is -1.25. The normalized spacial score (nSPS) is 11.4. The number of nitrogens with one attached hydrogen (secondary N) is 3. The third-order valence-electron chi connectivity index (χ3n) is 4.52. The molecule has 1 atom stereocenters. The summed E-state index contributed by atoms with van der Waals surface area (Å²) >= 11 is 0. The van der Waals surface area contributed by atoms with Gasteiger partial charge in [0.15, 0.2) is 5.78 Å². The van der Waals surface area contributed by atoms with Gasteiger partial charge in [-0.15, -0.1) is 0 Å². The van der Waals surface area contributed by atoms with E-state index in [-0.39, 0.29) is 64.5 Å². The minimum Gasteiger partial charge on any atom is -0.483 e. The molecule has 13 heteroatoms. The molecule has 1 unspecified atom stereocenters. The Balaban J connectivity index is -0.000000427. The Morgan fingerprint density at radius 3 is 1.71 bits per heavy atom. The van der Waals surface area contributed by atoms with Crippen LogP contribution in [0, 0.1) is 10.8 Å². The first-order chi connectivity index (χ1) is 19.2. The second-order valence-corrected chi connectivity index (χ2v) is 11.9. The Bertz CT molecular complexity index is 761. The lowest BCUT2D eigenvalue weighted by Gasteiger charge is -2.28. The molecule has 0 saturated heterocycles. The van der Waals surface area contributed by atoms with Crippen molar-refractivity contribution in [3.63, 3.8) is 0 Å². The van der Waals surface area contributed by atoms with Gasteiger partial charge in [0.2, 0.25) is 18.2 Å². The van der Waals surface area contributed by atoms with Crippen LogP contribution in [-0.4, -0.2) is 91.2 Å². The molecule has 0 spiro atoms. The number of amides is 3. The quantitative estimate of drug-likeness (QED) is 0.128. The second-order valence-electron chi connectivity index (χ2n) is 11.9. The van der Waals surface area contributed by atoms with Crippen LogP contribution in [0.4, 0.5) is 0 Å². The zero-order chi connectivity index (χ0) is 34.0. The number of carboxylic acid groups (broad SMARTS) is 2. The van der Waals surface area contributed by atoms with E-state index in [4.69, 9.17) is 24.5 Å². The molecule has 0 bridgehead atoms. The Labute approximate surface area is 251 Å². The fourth-order valence-electron chi connectivity index (χ4n) is 3.59. The van der Waals surface area contributed by atoms with Crippen molar-refractivity contribution in [3.8, 4) is 0 Å². The molecule has 0 saturated carbocycles. The molecule has 0 aromatic carbocycles. The number of carbonyl (C=O) groups excluding carboxylic acids is 4.